The lowest BCUT2D eigenvalue weighted by atomic mass is 10.0. The van der Waals surface area contributed by atoms with Gasteiger partial charge < -0.3 is 5.73 Å². The van der Waals surface area contributed by atoms with Crippen molar-refractivity contribution >= 4 is 9.84 Å². The topological polar surface area (TPSA) is 78.0 Å². The number of hydrogen-bond donors (Lipinski definition) is 1. The van der Waals surface area contributed by atoms with E-state index in [2.05, 4.69) is 5.10 Å². The summed E-state index contributed by atoms with van der Waals surface area (Å²) in [7, 11) is -3.17. The van der Waals surface area contributed by atoms with E-state index < -0.39 is 9.84 Å². The number of hydrogen-bond acceptors (Lipinski definition) is 4. The quantitative estimate of drug-likeness (QED) is 0.916. The van der Waals surface area contributed by atoms with Crippen molar-refractivity contribution in [3.63, 3.8) is 0 Å². The van der Waals surface area contributed by atoms with Crippen molar-refractivity contribution in [2.24, 2.45) is 5.73 Å². The molecule has 2 N–H and O–H groups in total. The smallest absolute Gasteiger partial charge is 0.175 e. The van der Waals surface area contributed by atoms with Crippen molar-refractivity contribution in [1.82, 2.24) is 9.78 Å². The molecule has 0 radical (unpaired) electrons. The van der Waals surface area contributed by atoms with Gasteiger partial charge in [-0.1, -0.05) is 12.1 Å². The van der Waals surface area contributed by atoms with E-state index in [1.54, 1.807) is 35.1 Å². The average Bonchev–Trinajstić information content (AvgIpc) is 2.86. The van der Waals surface area contributed by atoms with Gasteiger partial charge in [0, 0.05) is 24.6 Å². The number of rotatable bonds is 4. The predicted octanol–water partition coefficient (Wildman–Crippen LogP) is 1.35. The summed E-state index contributed by atoms with van der Waals surface area (Å²) in [6.07, 6.45) is 4.82. The van der Waals surface area contributed by atoms with Crippen molar-refractivity contribution < 1.29 is 8.42 Å². The van der Waals surface area contributed by atoms with Crippen LogP contribution in [0.5, 0.6) is 0 Å². The molecule has 0 bridgehead atoms. The first-order valence-electron chi connectivity index (χ1n) is 5.99. The Morgan fingerprint density at radius 1 is 1.26 bits per heavy atom. The van der Waals surface area contributed by atoms with Gasteiger partial charge in [0.15, 0.2) is 9.84 Å². The molecule has 0 saturated heterocycles. The normalized spacial score (nSPS) is 13.4. The van der Waals surface area contributed by atoms with Crippen LogP contribution in [0.4, 0.5) is 0 Å². The second-order valence-corrected chi connectivity index (χ2v) is 6.46. The van der Waals surface area contributed by atoms with E-state index in [0.717, 1.165) is 17.7 Å². The van der Waals surface area contributed by atoms with Crippen LogP contribution in [0.2, 0.25) is 0 Å². The molecule has 102 valence electrons. The van der Waals surface area contributed by atoms with Crippen molar-refractivity contribution in [2.75, 3.05) is 6.26 Å². The van der Waals surface area contributed by atoms with Gasteiger partial charge in [0.05, 0.1) is 17.1 Å². The van der Waals surface area contributed by atoms with Gasteiger partial charge in [-0.05, 0) is 24.6 Å². The number of nitrogens with zero attached hydrogens (tertiary/aromatic N) is 2. The second-order valence-electron chi connectivity index (χ2n) is 4.45. The first-order chi connectivity index (χ1) is 8.91. The maximum absolute atomic E-state index is 11.4. The molecular weight excluding hydrogens is 262 g/mol. The van der Waals surface area contributed by atoms with Crippen LogP contribution >= 0.6 is 0 Å². The fourth-order valence-corrected chi connectivity index (χ4v) is 2.46. The highest BCUT2D eigenvalue weighted by Gasteiger charge is 2.13. The summed E-state index contributed by atoms with van der Waals surface area (Å²) in [5.74, 6) is 0. The highest BCUT2D eigenvalue weighted by Crippen LogP contribution is 2.20. The standard InChI is InChI=1S/C13H17N3O2S/c1-3-16-9-11(8-15-16)13(14)10-4-6-12(7-5-10)19(2,17)18/h4-9,13H,3,14H2,1-2H3. The van der Waals surface area contributed by atoms with Crippen LogP contribution in [0.3, 0.4) is 0 Å². The zero-order chi connectivity index (χ0) is 14.0. The van der Waals surface area contributed by atoms with Crippen LogP contribution in [-0.4, -0.2) is 24.5 Å². The molecule has 5 nitrogen and oxygen atoms in total. The van der Waals surface area contributed by atoms with Gasteiger partial charge in [0.25, 0.3) is 0 Å². The lowest BCUT2D eigenvalue weighted by Crippen LogP contribution is -2.11. The largest absolute Gasteiger partial charge is 0.320 e. The Labute approximate surface area is 113 Å². The number of aromatic nitrogens is 2. The third kappa shape index (κ3) is 3.02. The van der Waals surface area contributed by atoms with Gasteiger partial charge >= 0.3 is 0 Å². The minimum atomic E-state index is -3.17. The Balaban J connectivity index is 2.27. The molecule has 1 atom stereocenters. The van der Waals surface area contributed by atoms with Gasteiger partial charge in [0.1, 0.15) is 0 Å². The molecule has 2 aromatic rings. The highest BCUT2D eigenvalue weighted by molar-refractivity contribution is 7.90. The van der Waals surface area contributed by atoms with Gasteiger partial charge in [0.2, 0.25) is 0 Å². The summed E-state index contributed by atoms with van der Waals surface area (Å²) in [5.41, 5.74) is 7.92. The van der Waals surface area contributed by atoms with Crippen molar-refractivity contribution in [1.29, 1.82) is 0 Å². The Morgan fingerprint density at radius 2 is 1.89 bits per heavy atom. The van der Waals surface area contributed by atoms with E-state index in [1.165, 1.54) is 6.26 Å². The monoisotopic (exact) mass is 279 g/mol. The van der Waals surface area contributed by atoms with Crippen LogP contribution in [0.25, 0.3) is 0 Å². The molecule has 0 spiro atoms. The Hall–Kier alpha value is -1.66. The summed E-state index contributed by atoms with van der Waals surface area (Å²) < 4.78 is 24.6. The summed E-state index contributed by atoms with van der Waals surface area (Å²) in [5, 5.41) is 4.18. The van der Waals surface area contributed by atoms with Crippen molar-refractivity contribution in [3.05, 3.63) is 47.8 Å². The van der Waals surface area contributed by atoms with Gasteiger partial charge in [-0.3, -0.25) is 4.68 Å². The molecule has 1 heterocycles. The number of nitrogens with two attached hydrogens (primary N) is 1. The van der Waals surface area contributed by atoms with Gasteiger partial charge in [-0.2, -0.15) is 5.10 Å². The lowest BCUT2D eigenvalue weighted by Gasteiger charge is -2.10. The molecule has 6 heteroatoms. The molecule has 19 heavy (non-hydrogen) atoms. The first-order valence-corrected chi connectivity index (χ1v) is 7.89. The molecule has 0 aliphatic heterocycles. The van der Waals surface area contributed by atoms with E-state index in [-0.39, 0.29) is 6.04 Å². The Bertz CT molecular complexity index is 659. The van der Waals surface area contributed by atoms with Crippen molar-refractivity contribution in [2.45, 2.75) is 24.4 Å². The molecule has 2 rings (SSSR count). The fourth-order valence-electron chi connectivity index (χ4n) is 1.83. The zero-order valence-corrected chi connectivity index (χ0v) is 11.8. The van der Waals surface area contributed by atoms with E-state index >= 15 is 0 Å². The number of aryl methyl sites for hydroxylation is 1. The van der Waals surface area contributed by atoms with Crippen LogP contribution in [0.1, 0.15) is 24.1 Å². The van der Waals surface area contributed by atoms with Crippen molar-refractivity contribution in [3.8, 4) is 0 Å². The summed E-state index contributed by atoms with van der Waals surface area (Å²) in [4.78, 5) is 0.299. The molecule has 0 saturated carbocycles. The number of sulfone groups is 1. The van der Waals surface area contributed by atoms with E-state index in [0.29, 0.717) is 4.90 Å². The van der Waals surface area contributed by atoms with Crippen LogP contribution < -0.4 is 5.73 Å². The van der Waals surface area contributed by atoms with E-state index in [4.69, 9.17) is 5.73 Å². The lowest BCUT2D eigenvalue weighted by molar-refractivity contribution is 0.602. The maximum atomic E-state index is 11.4. The molecule has 1 unspecified atom stereocenters. The zero-order valence-electron chi connectivity index (χ0n) is 10.9. The van der Waals surface area contributed by atoms with Gasteiger partial charge in [-0.15, -0.1) is 0 Å². The van der Waals surface area contributed by atoms with E-state index in [9.17, 15) is 8.42 Å². The summed E-state index contributed by atoms with van der Waals surface area (Å²) in [6.45, 7) is 2.79. The SMILES string of the molecule is CCn1cc(C(N)c2ccc(S(C)(=O)=O)cc2)cn1. The molecule has 0 fully saturated rings. The van der Waals surface area contributed by atoms with Crippen LogP contribution in [0, 0.1) is 0 Å². The highest BCUT2D eigenvalue weighted by atomic mass is 32.2. The molecule has 1 aromatic carbocycles. The third-order valence-electron chi connectivity index (χ3n) is 3.00. The number of benzene rings is 1. The van der Waals surface area contributed by atoms with E-state index in [1.807, 2.05) is 13.1 Å². The van der Waals surface area contributed by atoms with Crippen LogP contribution in [-0.2, 0) is 16.4 Å². The fraction of sp³-hybridized carbons (Fsp3) is 0.308. The predicted molar refractivity (Wildman–Crippen MR) is 73.5 cm³/mol. The van der Waals surface area contributed by atoms with Crippen LogP contribution in [0.15, 0.2) is 41.6 Å². The molecule has 0 amide bonds. The second kappa shape index (κ2) is 5.14. The minimum absolute atomic E-state index is 0.297. The molecule has 0 aliphatic carbocycles. The van der Waals surface area contributed by atoms with Gasteiger partial charge in [-0.25, -0.2) is 8.42 Å². The molecule has 0 aliphatic rings. The summed E-state index contributed by atoms with van der Waals surface area (Å²) in [6, 6.07) is 6.34. The third-order valence-corrected chi connectivity index (χ3v) is 4.13. The molecule has 1 aromatic heterocycles. The summed E-state index contributed by atoms with van der Waals surface area (Å²) >= 11 is 0. The first kappa shape index (κ1) is 13.8. The Kier molecular flexibility index (Phi) is 3.73. The average molecular weight is 279 g/mol. The maximum Gasteiger partial charge on any atom is 0.175 e. The molecular formula is C13H17N3O2S. The Morgan fingerprint density at radius 3 is 2.37 bits per heavy atom. The minimum Gasteiger partial charge on any atom is -0.320 e.